The third-order valence-corrected chi connectivity index (χ3v) is 5.77. The van der Waals surface area contributed by atoms with Crippen LogP contribution in [-0.4, -0.2) is 65.2 Å². The number of para-hydroxylation sites is 1. The topological polar surface area (TPSA) is 103 Å². The molecular weight excluding hydrogens is 427 g/mol. The van der Waals surface area contributed by atoms with Crippen LogP contribution in [0.4, 0.5) is 4.39 Å². The number of carbonyl (C=O) groups excluding carboxylic acids is 3. The number of aromatic amines is 1. The average Bonchev–Trinajstić information content (AvgIpc) is 2.84. The van der Waals surface area contributed by atoms with Gasteiger partial charge in [-0.3, -0.25) is 19.2 Å². The summed E-state index contributed by atoms with van der Waals surface area (Å²) in [5, 5.41) is 2.89. The van der Waals surface area contributed by atoms with Gasteiger partial charge < -0.3 is 20.1 Å². The summed E-state index contributed by atoms with van der Waals surface area (Å²) in [6, 6.07) is 11.2. The van der Waals surface area contributed by atoms with Crippen molar-refractivity contribution in [1.82, 2.24) is 20.1 Å². The summed E-state index contributed by atoms with van der Waals surface area (Å²) in [7, 11) is 0. The Kier molecular flexibility index (Phi) is 6.21. The quantitative estimate of drug-likeness (QED) is 0.632. The van der Waals surface area contributed by atoms with Crippen molar-refractivity contribution in [2.24, 2.45) is 0 Å². The first kappa shape index (κ1) is 22.2. The zero-order valence-corrected chi connectivity index (χ0v) is 18.1. The number of hydrogen-bond donors (Lipinski definition) is 2. The van der Waals surface area contributed by atoms with E-state index in [4.69, 9.17) is 0 Å². The second-order valence-electron chi connectivity index (χ2n) is 7.90. The highest BCUT2D eigenvalue weighted by Gasteiger charge is 2.25. The van der Waals surface area contributed by atoms with Crippen molar-refractivity contribution in [1.29, 1.82) is 0 Å². The molecule has 1 fully saturated rings. The molecule has 3 aromatic rings. The van der Waals surface area contributed by atoms with Gasteiger partial charge in [0.15, 0.2) is 0 Å². The van der Waals surface area contributed by atoms with Crippen molar-refractivity contribution in [3.63, 3.8) is 0 Å². The summed E-state index contributed by atoms with van der Waals surface area (Å²) in [6.45, 7) is 2.57. The van der Waals surface area contributed by atoms with Gasteiger partial charge in [0.1, 0.15) is 11.4 Å². The van der Waals surface area contributed by atoms with Gasteiger partial charge in [-0.2, -0.15) is 0 Å². The van der Waals surface area contributed by atoms with Gasteiger partial charge in [0.25, 0.3) is 11.8 Å². The number of halogens is 1. The van der Waals surface area contributed by atoms with E-state index in [1.807, 2.05) is 0 Å². The Morgan fingerprint density at radius 3 is 2.45 bits per heavy atom. The van der Waals surface area contributed by atoms with E-state index in [0.717, 1.165) is 0 Å². The van der Waals surface area contributed by atoms with Crippen LogP contribution in [0.1, 0.15) is 26.3 Å². The fourth-order valence-electron chi connectivity index (χ4n) is 3.77. The maximum Gasteiger partial charge on any atom is 0.257 e. The first-order valence-electron chi connectivity index (χ1n) is 10.6. The summed E-state index contributed by atoms with van der Waals surface area (Å²) in [6.07, 6.45) is 1.34. The van der Waals surface area contributed by atoms with Crippen molar-refractivity contribution in [2.75, 3.05) is 32.7 Å². The molecule has 2 heterocycles. The van der Waals surface area contributed by atoms with Crippen LogP contribution in [0, 0.1) is 12.7 Å². The van der Waals surface area contributed by atoms with Crippen molar-refractivity contribution in [3.8, 4) is 0 Å². The lowest BCUT2D eigenvalue weighted by Gasteiger charge is -2.35. The molecule has 0 spiro atoms. The van der Waals surface area contributed by atoms with E-state index >= 15 is 0 Å². The molecule has 2 aromatic carbocycles. The first-order chi connectivity index (χ1) is 15.8. The first-order valence-corrected chi connectivity index (χ1v) is 10.6. The molecule has 170 valence electrons. The molecule has 1 aromatic heterocycles. The van der Waals surface area contributed by atoms with Crippen LogP contribution >= 0.6 is 0 Å². The molecule has 0 saturated carbocycles. The third-order valence-electron chi connectivity index (χ3n) is 5.77. The Labute approximate surface area is 189 Å². The Morgan fingerprint density at radius 2 is 1.73 bits per heavy atom. The monoisotopic (exact) mass is 450 g/mol. The molecule has 9 heteroatoms. The van der Waals surface area contributed by atoms with Gasteiger partial charge in [-0.1, -0.05) is 18.2 Å². The molecule has 0 unspecified atom stereocenters. The lowest BCUT2D eigenvalue weighted by Crippen LogP contribution is -2.52. The van der Waals surface area contributed by atoms with Crippen LogP contribution < -0.4 is 10.7 Å². The number of aryl methyl sites for hydroxylation is 1. The number of nitrogens with zero attached hydrogens (tertiary/aromatic N) is 2. The number of benzene rings is 2. The lowest BCUT2D eigenvalue weighted by molar-refractivity contribution is -0.131. The number of rotatable bonds is 4. The van der Waals surface area contributed by atoms with Gasteiger partial charge in [-0.25, -0.2) is 4.39 Å². The highest BCUT2D eigenvalue weighted by Crippen LogP contribution is 2.13. The molecule has 8 nitrogen and oxygen atoms in total. The largest absolute Gasteiger partial charge is 0.360 e. The summed E-state index contributed by atoms with van der Waals surface area (Å²) < 4.78 is 13.8. The normalized spacial score (nSPS) is 13.8. The van der Waals surface area contributed by atoms with Gasteiger partial charge in [0.2, 0.25) is 11.3 Å². The van der Waals surface area contributed by atoms with Crippen molar-refractivity contribution in [2.45, 2.75) is 6.92 Å². The van der Waals surface area contributed by atoms with Gasteiger partial charge in [-0.05, 0) is 36.8 Å². The van der Waals surface area contributed by atoms with E-state index in [-0.39, 0.29) is 29.5 Å². The zero-order chi connectivity index (χ0) is 23.5. The fourth-order valence-corrected chi connectivity index (χ4v) is 3.77. The SMILES string of the molecule is Cc1ccc(C(=O)N2CCN(C(=O)CNC(=O)c3c[nH]c4ccccc4c3=O)CC2)cc1F. The number of amides is 3. The highest BCUT2D eigenvalue weighted by molar-refractivity contribution is 5.99. The van der Waals surface area contributed by atoms with Gasteiger partial charge >= 0.3 is 0 Å². The molecule has 1 aliphatic heterocycles. The third kappa shape index (κ3) is 4.62. The number of aromatic nitrogens is 1. The number of H-pyrrole nitrogens is 1. The molecule has 0 radical (unpaired) electrons. The number of pyridine rings is 1. The Morgan fingerprint density at radius 1 is 1.03 bits per heavy atom. The number of nitrogens with one attached hydrogen (secondary N) is 2. The van der Waals surface area contributed by atoms with Crippen molar-refractivity contribution in [3.05, 3.63) is 81.4 Å². The van der Waals surface area contributed by atoms with Crippen molar-refractivity contribution < 1.29 is 18.8 Å². The lowest BCUT2D eigenvalue weighted by atomic mass is 10.1. The van der Waals surface area contributed by atoms with E-state index in [1.54, 1.807) is 53.1 Å². The predicted octanol–water partition coefficient (Wildman–Crippen LogP) is 1.69. The number of carbonyl (C=O) groups is 3. The molecule has 1 saturated heterocycles. The van der Waals surface area contributed by atoms with Crippen LogP contribution in [0.15, 0.2) is 53.5 Å². The summed E-state index contributed by atoms with van der Waals surface area (Å²) in [5.74, 6) is -1.67. The molecule has 0 bridgehead atoms. The molecule has 0 aliphatic carbocycles. The van der Waals surface area contributed by atoms with Crippen molar-refractivity contribution >= 4 is 28.6 Å². The smallest absolute Gasteiger partial charge is 0.257 e. The van der Waals surface area contributed by atoms with Crippen LogP contribution in [0.5, 0.6) is 0 Å². The average molecular weight is 450 g/mol. The second kappa shape index (κ2) is 9.23. The minimum Gasteiger partial charge on any atom is -0.360 e. The van der Waals surface area contributed by atoms with E-state index in [9.17, 15) is 23.6 Å². The molecule has 1 aliphatic rings. The zero-order valence-electron chi connectivity index (χ0n) is 18.1. The molecule has 4 rings (SSSR count). The predicted molar refractivity (Wildman–Crippen MR) is 121 cm³/mol. The minimum absolute atomic E-state index is 0.0674. The standard InChI is InChI=1S/C24H23FN4O4/c1-15-6-7-16(12-19(15)25)24(33)29-10-8-28(9-11-29)21(30)14-27-23(32)18-13-26-20-5-3-2-4-17(20)22(18)31/h2-7,12-13H,8-11,14H2,1H3,(H,26,31)(H,27,32). The highest BCUT2D eigenvalue weighted by atomic mass is 19.1. The van der Waals surface area contributed by atoms with E-state index in [2.05, 4.69) is 10.3 Å². The fraction of sp³-hybridized carbons (Fsp3) is 0.250. The van der Waals surface area contributed by atoms with Gasteiger partial charge in [-0.15, -0.1) is 0 Å². The Hall–Kier alpha value is -4.01. The van der Waals surface area contributed by atoms with E-state index in [0.29, 0.717) is 42.6 Å². The van der Waals surface area contributed by atoms with Gasteiger partial charge in [0, 0.05) is 48.8 Å². The Bertz CT molecular complexity index is 1300. The van der Waals surface area contributed by atoms with Gasteiger partial charge in [0.05, 0.1) is 6.54 Å². The van der Waals surface area contributed by atoms with Crippen LogP contribution in [0.25, 0.3) is 10.9 Å². The summed E-state index contributed by atoms with van der Waals surface area (Å²) in [5.41, 5.74) is 0.882. The number of piperazine rings is 1. The summed E-state index contributed by atoms with van der Waals surface area (Å²) in [4.78, 5) is 56.2. The molecule has 3 amide bonds. The summed E-state index contributed by atoms with van der Waals surface area (Å²) >= 11 is 0. The van der Waals surface area contributed by atoms with Crippen LogP contribution in [-0.2, 0) is 4.79 Å². The molecule has 0 atom stereocenters. The van der Waals surface area contributed by atoms with E-state index in [1.165, 1.54) is 12.3 Å². The van der Waals surface area contributed by atoms with Crippen LogP contribution in [0.3, 0.4) is 0 Å². The Balaban J connectivity index is 1.32. The second-order valence-corrected chi connectivity index (χ2v) is 7.90. The molecular formula is C24H23FN4O4. The number of fused-ring (bicyclic) bond motifs is 1. The number of hydrogen-bond acceptors (Lipinski definition) is 4. The molecule has 2 N–H and O–H groups in total. The van der Waals surface area contributed by atoms with Crippen LogP contribution in [0.2, 0.25) is 0 Å². The van der Waals surface area contributed by atoms with E-state index < -0.39 is 17.2 Å². The molecule has 33 heavy (non-hydrogen) atoms. The minimum atomic E-state index is -0.634. The maximum atomic E-state index is 13.8. The maximum absolute atomic E-state index is 13.8.